The molecule has 236 valence electrons. The van der Waals surface area contributed by atoms with Gasteiger partial charge in [-0.2, -0.15) is 4.98 Å². The van der Waals surface area contributed by atoms with Crippen LogP contribution in [0.25, 0.3) is 5.57 Å². The van der Waals surface area contributed by atoms with Crippen LogP contribution >= 0.6 is 11.6 Å². The molecule has 2 aliphatic heterocycles. The van der Waals surface area contributed by atoms with Crippen LogP contribution in [-0.4, -0.2) is 66.0 Å². The molecule has 0 unspecified atom stereocenters. The SMILES string of the molecule is Cc1cc(N(c2ncc(Cl)c(N)n2)c2ccccc2S(=O)(=O)C(C)C)c(OC(C)C)cc1C1=C[C@@H](C)N(C2COC2)[C@H](C)C1. The van der Waals surface area contributed by atoms with Gasteiger partial charge >= 0.3 is 0 Å². The molecule has 0 spiro atoms. The first-order chi connectivity index (χ1) is 20.8. The van der Waals surface area contributed by atoms with Crippen LogP contribution in [0.3, 0.4) is 0 Å². The average molecular weight is 640 g/mol. The zero-order valence-electron chi connectivity index (χ0n) is 26.4. The first-order valence-corrected chi connectivity index (χ1v) is 17.0. The Morgan fingerprint density at radius 3 is 2.41 bits per heavy atom. The van der Waals surface area contributed by atoms with Gasteiger partial charge in [-0.15, -0.1) is 0 Å². The molecule has 0 radical (unpaired) electrons. The third-order valence-corrected chi connectivity index (χ3v) is 10.7. The maximum absolute atomic E-state index is 13.6. The number of rotatable bonds is 9. The van der Waals surface area contributed by atoms with Gasteiger partial charge in [0.25, 0.3) is 0 Å². The maximum Gasteiger partial charge on any atom is 0.236 e. The summed E-state index contributed by atoms with van der Waals surface area (Å²) in [6, 6.07) is 12.0. The van der Waals surface area contributed by atoms with E-state index in [1.165, 1.54) is 11.8 Å². The molecule has 0 saturated carbocycles. The summed E-state index contributed by atoms with van der Waals surface area (Å²) in [5, 5.41) is -0.442. The number of ether oxygens (including phenoxy) is 2. The lowest BCUT2D eigenvalue weighted by Crippen LogP contribution is -2.56. The Bertz CT molecular complexity index is 1670. The van der Waals surface area contributed by atoms with Gasteiger partial charge in [0.2, 0.25) is 5.95 Å². The fourth-order valence-electron chi connectivity index (χ4n) is 6.06. The molecule has 1 aromatic heterocycles. The zero-order valence-corrected chi connectivity index (χ0v) is 28.0. The Balaban J connectivity index is 1.72. The normalized spacial score (nSPS) is 19.6. The Morgan fingerprint density at radius 2 is 1.82 bits per heavy atom. The Morgan fingerprint density at radius 1 is 1.11 bits per heavy atom. The number of benzene rings is 2. The van der Waals surface area contributed by atoms with Gasteiger partial charge < -0.3 is 15.2 Å². The first kappa shape index (κ1) is 32.2. The number of hydrogen-bond donors (Lipinski definition) is 1. The van der Waals surface area contributed by atoms with Crippen molar-refractivity contribution in [2.24, 2.45) is 0 Å². The molecule has 11 heteroatoms. The van der Waals surface area contributed by atoms with E-state index in [1.54, 1.807) is 43.0 Å². The van der Waals surface area contributed by atoms with Gasteiger partial charge in [0, 0.05) is 12.1 Å². The second-order valence-corrected chi connectivity index (χ2v) is 15.1. The summed E-state index contributed by atoms with van der Waals surface area (Å²) in [7, 11) is -3.70. The van der Waals surface area contributed by atoms with Crippen molar-refractivity contribution in [3.63, 3.8) is 0 Å². The minimum atomic E-state index is -3.70. The highest BCUT2D eigenvalue weighted by atomic mass is 35.5. The number of aromatic nitrogens is 2. The molecule has 2 aromatic carbocycles. The summed E-state index contributed by atoms with van der Waals surface area (Å²) >= 11 is 6.22. The summed E-state index contributed by atoms with van der Waals surface area (Å²) in [6.45, 7) is 15.4. The topological polar surface area (TPSA) is 111 Å². The van der Waals surface area contributed by atoms with E-state index < -0.39 is 15.1 Å². The molecular formula is C33H42ClN5O4S. The summed E-state index contributed by atoms with van der Waals surface area (Å²) < 4.78 is 39.2. The molecule has 5 rings (SSSR count). The molecule has 2 N–H and O–H groups in total. The van der Waals surface area contributed by atoms with Gasteiger partial charge in [0.1, 0.15) is 16.6 Å². The quantitative estimate of drug-likeness (QED) is 0.273. The molecule has 3 heterocycles. The number of nitrogens with zero attached hydrogens (tertiary/aromatic N) is 4. The minimum absolute atomic E-state index is 0.0855. The first-order valence-electron chi connectivity index (χ1n) is 15.1. The van der Waals surface area contributed by atoms with Gasteiger partial charge in [-0.3, -0.25) is 9.80 Å². The fraction of sp³-hybridized carbons (Fsp3) is 0.455. The summed E-state index contributed by atoms with van der Waals surface area (Å²) in [5.74, 6) is 0.837. The highest BCUT2D eigenvalue weighted by molar-refractivity contribution is 7.92. The van der Waals surface area contributed by atoms with Crippen LogP contribution in [0.4, 0.5) is 23.1 Å². The molecule has 1 saturated heterocycles. The van der Waals surface area contributed by atoms with Crippen LogP contribution in [0.15, 0.2) is 53.6 Å². The number of anilines is 4. The molecule has 0 amide bonds. The van der Waals surface area contributed by atoms with E-state index in [9.17, 15) is 8.42 Å². The van der Waals surface area contributed by atoms with E-state index in [1.807, 2.05) is 19.9 Å². The van der Waals surface area contributed by atoms with Gasteiger partial charge in [-0.1, -0.05) is 29.8 Å². The van der Waals surface area contributed by atoms with E-state index in [2.05, 4.69) is 47.8 Å². The monoisotopic (exact) mass is 639 g/mol. The molecule has 0 aliphatic carbocycles. The maximum atomic E-state index is 13.6. The Hall–Kier alpha value is -3.18. The van der Waals surface area contributed by atoms with E-state index in [4.69, 9.17) is 26.8 Å². The number of aryl methyl sites for hydroxylation is 1. The van der Waals surface area contributed by atoms with Crippen molar-refractivity contribution in [2.45, 2.75) is 89.3 Å². The van der Waals surface area contributed by atoms with E-state index in [0.717, 1.165) is 30.8 Å². The lowest BCUT2D eigenvalue weighted by molar-refractivity contribution is -0.0857. The number of sulfone groups is 1. The van der Waals surface area contributed by atoms with Crippen LogP contribution in [0.1, 0.15) is 59.1 Å². The lowest BCUT2D eigenvalue weighted by atomic mass is 9.88. The summed E-state index contributed by atoms with van der Waals surface area (Å²) in [4.78, 5) is 13.4. The standard InChI is InChI=1S/C33H42ClN5O4S/c1-19(2)43-30-15-26(24-13-22(6)38(23(7)14-24)25-17-42-18-25)21(5)12-29(30)39(33-36-16-27(34)32(35)37-33)28-10-8-9-11-31(28)44(40,41)20(3)4/h8-13,15-16,19-20,22-23,25H,14,17-18H2,1-7H3,(H2,35,36,37)/t22-,23-/m1/s1. The van der Waals surface area contributed by atoms with Gasteiger partial charge in [-0.25, -0.2) is 13.4 Å². The molecule has 9 nitrogen and oxygen atoms in total. The van der Waals surface area contributed by atoms with Gasteiger partial charge in [0.05, 0.1) is 53.1 Å². The predicted molar refractivity (Wildman–Crippen MR) is 177 cm³/mol. The average Bonchev–Trinajstić information content (AvgIpc) is 2.92. The summed E-state index contributed by atoms with van der Waals surface area (Å²) in [6.07, 6.45) is 4.48. The highest BCUT2D eigenvalue weighted by Crippen LogP contribution is 2.46. The van der Waals surface area contributed by atoms with Crippen LogP contribution in [0.5, 0.6) is 5.75 Å². The predicted octanol–water partition coefficient (Wildman–Crippen LogP) is 6.72. The van der Waals surface area contributed by atoms with Crippen LogP contribution in [-0.2, 0) is 14.6 Å². The molecule has 44 heavy (non-hydrogen) atoms. The van der Waals surface area contributed by atoms with Crippen LogP contribution in [0.2, 0.25) is 5.02 Å². The van der Waals surface area contributed by atoms with E-state index >= 15 is 0 Å². The fourth-order valence-corrected chi connectivity index (χ4v) is 7.38. The molecule has 0 bridgehead atoms. The Labute approximate surface area is 266 Å². The molecule has 2 aliphatic rings. The molecule has 3 aromatic rings. The van der Waals surface area contributed by atoms with Crippen molar-refractivity contribution in [1.82, 2.24) is 14.9 Å². The van der Waals surface area contributed by atoms with Crippen LogP contribution < -0.4 is 15.4 Å². The third-order valence-electron chi connectivity index (χ3n) is 8.23. The molecule has 2 atom stereocenters. The largest absolute Gasteiger partial charge is 0.489 e. The van der Waals surface area contributed by atoms with Crippen molar-refractivity contribution in [1.29, 1.82) is 0 Å². The summed E-state index contributed by atoms with van der Waals surface area (Å²) in [5.41, 5.74) is 10.5. The zero-order chi connectivity index (χ0) is 31.9. The number of para-hydroxylation sites is 1. The molecular weight excluding hydrogens is 598 g/mol. The number of hydrogen-bond acceptors (Lipinski definition) is 9. The third kappa shape index (κ3) is 6.18. The van der Waals surface area contributed by atoms with Crippen molar-refractivity contribution in [3.05, 3.63) is 64.8 Å². The Kier molecular flexibility index (Phi) is 9.28. The van der Waals surface area contributed by atoms with Gasteiger partial charge in [0.15, 0.2) is 9.84 Å². The molecule has 1 fully saturated rings. The van der Waals surface area contributed by atoms with Crippen molar-refractivity contribution in [3.8, 4) is 5.75 Å². The second-order valence-electron chi connectivity index (χ2n) is 12.2. The highest BCUT2D eigenvalue weighted by Gasteiger charge is 2.36. The smallest absolute Gasteiger partial charge is 0.236 e. The second kappa shape index (κ2) is 12.7. The number of nitrogens with two attached hydrogens (primary N) is 1. The lowest BCUT2D eigenvalue weighted by Gasteiger charge is -2.46. The van der Waals surface area contributed by atoms with E-state index in [-0.39, 0.29) is 33.8 Å². The number of halogens is 1. The van der Waals surface area contributed by atoms with Crippen molar-refractivity contribution in [2.75, 3.05) is 23.8 Å². The minimum Gasteiger partial charge on any atom is -0.489 e. The van der Waals surface area contributed by atoms with E-state index in [0.29, 0.717) is 29.2 Å². The van der Waals surface area contributed by atoms with Crippen LogP contribution in [0, 0.1) is 6.92 Å². The number of nitrogen functional groups attached to an aromatic ring is 1. The van der Waals surface area contributed by atoms with Crippen molar-refractivity contribution >= 4 is 50.2 Å². The van der Waals surface area contributed by atoms with Gasteiger partial charge in [-0.05, 0) is 95.9 Å². The van der Waals surface area contributed by atoms with Crippen molar-refractivity contribution < 1.29 is 17.9 Å².